The lowest BCUT2D eigenvalue weighted by molar-refractivity contribution is -0.119. The van der Waals surface area contributed by atoms with Crippen molar-refractivity contribution in [2.24, 2.45) is 0 Å². The number of aromatic hydroxyl groups is 1. The third kappa shape index (κ3) is 5.10. The van der Waals surface area contributed by atoms with Gasteiger partial charge in [0, 0.05) is 37.8 Å². The number of aryl methyl sites for hydroxylation is 1. The molecule has 2 aromatic rings. The summed E-state index contributed by atoms with van der Waals surface area (Å²) in [6, 6.07) is 14.2. The van der Waals surface area contributed by atoms with Crippen LogP contribution in [-0.2, 0) is 17.8 Å². The van der Waals surface area contributed by atoms with E-state index in [1.54, 1.807) is 13.2 Å². The molecule has 0 aliphatic carbocycles. The molecule has 5 nitrogen and oxygen atoms in total. The Bertz CT molecular complexity index is 811. The van der Waals surface area contributed by atoms with Crippen LogP contribution < -0.4 is 9.64 Å². The predicted octanol–water partition coefficient (Wildman–Crippen LogP) is 4.37. The van der Waals surface area contributed by atoms with Crippen LogP contribution in [0.5, 0.6) is 11.5 Å². The molecular formula is C24H32N2O3. The number of amides is 1. The van der Waals surface area contributed by atoms with Crippen LogP contribution in [0, 0.1) is 0 Å². The van der Waals surface area contributed by atoms with Gasteiger partial charge >= 0.3 is 0 Å². The Labute approximate surface area is 173 Å². The molecule has 0 bridgehead atoms. The Morgan fingerprint density at radius 3 is 2.34 bits per heavy atom. The summed E-state index contributed by atoms with van der Waals surface area (Å²) in [7, 11) is 1.57. The summed E-state index contributed by atoms with van der Waals surface area (Å²) < 4.78 is 5.21. The van der Waals surface area contributed by atoms with Gasteiger partial charge in [-0.05, 0) is 54.7 Å². The van der Waals surface area contributed by atoms with Crippen molar-refractivity contribution < 1.29 is 14.6 Å². The van der Waals surface area contributed by atoms with Gasteiger partial charge in [-0.15, -0.1) is 0 Å². The number of hydrogen-bond donors (Lipinski definition) is 1. The monoisotopic (exact) mass is 396 g/mol. The van der Waals surface area contributed by atoms with Gasteiger partial charge in [0.05, 0.1) is 7.11 Å². The van der Waals surface area contributed by atoms with Crippen LogP contribution in [0.3, 0.4) is 0 Å². The van der Waals surface area contributed by atoms with E-state index in [-0.39, 0.29) is 17.7 Å². The molecule has 1 N–H and O–H groups in total. The minimum atomic E-state index is 0.165. The van der Waals surface area contributed by atoms with Crippen molar-refractivity contribution in [3.05, 3.63) is 53.6 Å². The standard InChI is InChI=1S/C24H32N2O3/c1-4-18-6-9-20(10-7-18)26(24(28)5-2)21-12-14-25(15-13-21)17-19-8-11-22(27)23(16-19)29-3/h6-11,16,21,27H,4-5,12-15,17H2,1-3H3. The first-order valence-corrected chi connectivity index (χ1v) is 10.5. The summed E-state index contributed by atoms with van der Waals surface area (Å²) in [5, 5.41) is 9.78. The maximum Gasteiger partial charge on any atom is 0.226 e. The normalized spacial score (nSPS) is 15.3. The van der Waals surface area contributed by atoms with Gasteiger partial charge in [-0.1, -0.05) is 32.0 Å². The second-order valence-corrected chi connectivity index (χ2v) is 7.65. The first-order chi connectivity index (χ1) is 14.0. The minimum Gasteiger partial charge on any atom is -0.504 e. The van der Waals surface area contributed by atoms with E-state index in [1.807, 2.05) is 24.0 Å². The SMILES string of the molecule is CCC(=O)N(c1ccc(CC)cc1)C1CCN(Cc2ccc(O)c(OC)c2)CC1. The number of anilines is 1. The van der Waals surface area contributed by atoms with Crippen LogP contribution in [-0.4, -0.2) is 42.2 Å². The van der Waals surface area contributed by atoms with E-state index in [4.69, 9.17) is 4.74 Å². The molecule has 3 rings (SSSR count). The summed E-state index contributed by atoms with van der Waals surface area (Å²) in [4.78, 5) is 17.1. The van der Waals surface area contributed by atoms with Crippen LogP contribution >= 0.6 is 0 Å². The van der Waals surface area contributed by atoms with Gasteiger partial charge in [-0.25, -0.2) is 0 Å². The van der Waals surface area contributed by atoms with Gasteiger partial charge in [0.25, 0.3) is 0 Å². The molecule has 0 radical (unpaired) electrons. The number of likely N-dealkylation sites (tertiary alicyclic amines) is 1. The molecule has 0 saturated carbocycles. The molecule has 1 amide bonds. The van der Waals surface area contributed by atoms with Crippen LogP contribution in [0.25, 0.3) is 0 Å². The third-order valence-electron chi connectivity index (χ3n) is 5.77. The fraction of sp³-hybridized carbons (Fsp3) is 0.458. The topological polar surface area (TPSA) is 53.0 Å². The van der Waals surface area contributed by atoms with Crippen molar-refractivity contribution in [1.29, 1.82) is 0 Å². The lowest BCUT2D eigenvalue weighted by Gasteiger charge is -2.38. The number of phenols is 1. The van der Waals surface area contributed by atoms with Gasteiger partial charge in [0.2, 0.25) is 5.91 Å². The lowest BCUT2D eigenvalue weighted by Crippen LogP contribution is -2.47. The average Bonchev–Trinajstić information content (AvgIpc) is 2.76. The van der Waals surface area contributed by atoms with Crippen LogP contribution in [0.15, 0.2) is 42.5 Å². The van der Waals surface area contributed by atoms with Crippen LogP contribution in [0.4, 0.5) is 5.69 Å². The molecule has 1 heterocycles. The van der Waals surface area contributed by atoms with E-state index in [9.17, 15) is 9.90 Å². The Morgan fingerprint density at radius 2 is 1.76 bits per heavy atom. The zero-order valence-corrected chi connectivity index (χ0v) is 17.7. The molecule has 2 aromatic carbocycles. The number of carbonyl (C=O) groups is 1. The maximum absolute atomic E-state index is 12.7. The molecule has 29 heavy (non-hydrogen) atoms. The number of carbonyl (C=O) groups excluding carboxylic acids is 1. The first kappa shape index (κ1) is 21.2. The number of ether oxygens (including phenoxy) is 1. The molecule has 0 atom stereocenters. The van der Waals surface area contributed by atoms with Crippen LogP contribution in [0.1, 0.15) is 44.2 Å². The molecule has 1 aliphatic rings. The molecule has 5 heteroatoms. The van der Waals surface area contributed by atoms with Crippen molar-refractivity contribution in [2.75, 3.05) is 25.1 Å². The third-order valence-corrected chi connectivity index (χ3v) is 5.77. The van der Waals surface area contributed by atoms with E-state index >= 15 is 0 Å². The van der Waals surface area contributed by atoms with Gasteiger partial charge < -0.3 is 14.7 Å². The second-order valence-electron chi connectivity index (χ2n) is 7.65. The zero-order chi connectivity index (χ0) is 20.8. The highest BCUT2D eigenvalue weighted by Gasteiger charge is 2.28. The molecule has 0 aromatic heterocycles. The van der Waals surface area contributed by atoms with E-state index in [0.29, 0.717) is 12.2 Å². The van der Waals surface area contributed by atoms with Crippen molar-refractivity contribution in [1.82, 2.24) is 4.90 Å². The van der Waals surface area contributed by atoms with Crippen molar-refractivity contribution in [2.45, 2.75) is 52.1 Å². The Kier molecular flexibility index (Phi) is 7.15. The number of nitrogens with zero attached hydrogens (tertiary/aromatic N) is 2. The predicted molar refractivity (Wildman–Crippen MR) is 117 cm³/mol. The number of benzene rings is 2. The average molecular weight is 397 g/mol. The number of rotatable bonds is 7. The van der Waals surface area contributed by atoms with Gasteiger partial charge in [0.15, 0.2) is 11.5 Å². The molecule has 156 valence electrons. The number of piperidine rings is 1. The van der Waals surface area contributed by atoms with E-state index in [0.717, 1.165) is 50.1 Å². The van der Waals surface area contributed by atoms with E-state index < -0.39 is 0 Å². The van der Waals surface area contributed by atoms with Gasteiger partial charge in [-0.3, -0.25) is 9.69 Å². The summed E-state index contributed by atoms with van der Waals surface area (Å²) in [6.45, 7) is 6.77. The first-order valence-electron chi connectivity index (χ1n) is 10.5. The van der Waals surface area contributed by atoms with Gasteiger partial charge in [0.1, 0.15) is 0 Å². The van der Waals surface area contributed by atoms with E-state index in [2.05, 4.69) is 36.1 Å². The van der Waals surface area contributed by atoms with Gasteiger partial charge in [-0.2, -0.15) is 0 Å². The number of phenolic OH excluding ortho intramolecular Hbond substituents is 1. The quantitative estimate of drug-likeness (QED) is 0.755. The molecule has 0 spiro atoms. The minimum absolute atomic E-state index is 0.165. The molecule has 1 fully saturated rings. The zero-order valence-electron chi connectivity index (χ0n) is 17.7. The highest BCUT2D eigenvalue weighted by atomic mass is 16.5. The second kappa shape index (κ2) is 9.79. The molecule has 0 unspecified atom stereocenters. The summed E-state index contributed by atoms with van der Waals surface area (Å²) in [6.07, 6.45) is 3.43. The smallest absolute Gasteiger partial charge is 0.226 e. The van der Waals surface area contributed by atoms with Crippen LogP contribution in [0.2, 0.25) is 0 Å². The van der Waals surface area contributed by atoms with Crippen molar-refractivity contribution >= 4 is 11.6 Å². The highest BCUT2D eigenvalue weighted by molar-refractivity contribution is 5.93. The molecule has 1 saturated heterocycles. The van der Waals surface area contributed by atoms with E-state index in [1.165, 1.54) is 5.56 Å². The summed E-state index contributed by atoms with van der Waals surface area (Å²) in [5.74, 6) is 0.862. The number of methoxy groups -OCH3 is 1. The maximum atomic E-state index is 12.7. The summed E-state index contributed by atoms with van der Waals surface area (Å²) in [5.41, 5.74) is 3.42. The fourth-order valence-corrected chi connectivity index (χ4v) is 4.04. The Balaban J connectivity index is 1.65. The largest absolute Gasteiger partial charge is 0.504 e. The fourth-order valence-electron chi connectivity index (χ4n) is 4.04. The molecule has 1 aliphatic heterocycles. The van der Waals surface area contributed by atoms with Crippen molar-refractivity contribution in [3.8, 4) is 11.5 Å². The number of hydrogen-bond acceptors (Lipinski definition) is 4. The Morgan fingerprint density at radius 1 is 1.10 bits per heavy atom. The molecular weight excluding hydrogens is 364 g/mol. The summed E-state index contributed by atoms with van der Waals surface area (Å²) >= 11 is 0. The van der Waals surface area contributed by atoms with Crippen molar-refractivity contribution in [3.63, 3.8) is 0 Å². The Hall–Kier alpha value is -2.53. The lowest BCUT2D eigenvalue weighted by atomic mass is 10.0. The highest BCUT2D eigenvalue weighted by Crippen LogP contribution is 2.29.